The van der Waals surface area contributed by atoms with Gasteiger partial charge in [-0.25, -0.2) is 15.0 Å². The summed E-state index contributed by atoms with van der Waals surface area (Å²) in [5.74, 6) is 2.98. The van der Waals surface area contributed by atoms with Crippen molar-refractivity contribution in [3.8, 4) is 50.7 Å². The van der Waals surface area contributed by atoms with Crippen molar-refractivity contribution in [2.24, 2.45) is 0 Å². The lowest BCUT2D eigenvalue weighted by Crippen LogP contribution is -2.11. The lowest BCUT2D eigenvalue weighted by atomic mass is 9.92. The standard InChI is InChI=1S/C51H34N4O/c1-4-13-33(14-5-1)49-52-50(34-15-6-2-7-16-34)54-51(53-49)39-23-26-42-44-31-38(25-28-47(44)56-48(42)32-39)36-18-12-17-35(29-36)37-24-27-46-43(30-37)41-21-10-11-22-45(41)55(46)40-19-8-3-9-20-40/h1-31,39H,32H2. The van der Waals surface area contributed by atoms with Gasteiger partial charge < -0.3 is 8.98 Å². The summed E-state index contributed by atoms with van der Waals surface area (Å²) in [7, 11) is 0. The number of para-hydroxylation sites is 2. The molecule has 5 nitrogen and oxygen atoms in total. The number of hydrogen-bond acceptors (Lipinski definition) is 4. The molecule has 11 rings (SSSR count). The van der Waals surface area contributed by atoms with Gasteiger partial charge in [0.05, 0.1) is 11.0 Å². The van der Waals surface area contributed by atoms with Crippen LogP contribution < -0.4 is 0 Å². The molecule has 1 aliphatic rings. The topological polar surface area (TPSA) is 56.7 Å². The molecule has 0 fully saturated rings. The normalized spacial score (nSPS) is 13.8. The van der Waals surface area contributed by atoms with E-state index in [9.17, 15) is 0 Å². The van der Waals surface area contributed by atoms with Crippen LogP contribution in [0.3, 0.4) is 0 Å². The molecule has 0 saturated carbocycles. The van der Waals surface area contributed by atoms with E-state index in [0.717, 1.165) is 56.1 Å². The molecular formula is C51H34N4O. The van der Waals surface area contributed by atoms with Crippen molar-refractivity contribution in [1.29, 1.82) is 0 Å². The maximum absolute atomic E-state index is 6.54. The molecule has 0 saturated heterocycles. The van der Waals surface area contributed by atoms with Crippen LogP contribution in [0.25, 0.3) is 89.6 Å². The van der Waals surface area contributed by atoms with Crippen molar-refractivity contribution in [1.82, 2.24) is 19.5 Å². The summed E-state index contributed by atoms with van der Waals surface area (Å²) in [4.78, 5) is 14.9. The van der Waals surface area contributed by atoms with Gasteiger partial charge >= 0.3 is 0 Å². The number of rotatable bonds is 6. The summed E-state index contributed by atoms with van der Waals surface area (Å²) in [6.07, 6.45) is 5.07. The van der Waals surface area contributed by atoms with E-state index in [0.29, 0.717) is 18.1 Å². The van der Waals surface area contributed by atoms with Gasteiger partial charge in [-0.05, 0) is 70.8 Å². The number of fused-ring (bicyclic) bond motifs is 6. The third-order valence-electron chi connectivity index (χ3n) is 11.0. The zero-order valence-corrected chi connectivity index (χ0v) is 30.4. The van der Waals surface area contributed by atoms with Gasteiger partial charge in [0.2, 0.25) is 0 Å². The Morgan fingerprint density at radius 1 is 0.464 bits per heavy atom. The largest absolute Gasteiger partial charge is 0.460 e. The first-order valence-corrected chi connectivity index (χ1v) is 19.0. The lowest BCUT2D eigenvalue weighted by molar-refractivity contribution is 0.527. The van der Waals surface area contributed by atoms with Crippen LogP contribution >= 0.6 is 0 Å². The van der Waals surface area contributed by atoms with E-state index in [-0.39, 0.29) is 5.92 Å². The number of benzene rings is 7. The molecule has 1 unspecified atom stereocenters. The fourth-order valence-corrected chi connectivity index (χ4v) is 8.22. The molecule has 264 valence electrons. The molecule has 5 heteroatoms. The minimum Gasteiger partial charge on any atom is -0.460 e. The van der Waals surface area contributed by atoms with Crippen molar-refractivity contribution in [2.75, 3.05) is 0 Å². The third kappa shape index (κ3) is 5.52. The zero-order valence-electron chi connectivity index (χ0n) is 30.4. The van der Waals surface area contributed by atoms with Crippen LogP contribution in [0, 0.1) is 0 Å². The van der Waals surface area contributed by atoms with Crippen LogP contribution in [0.15, 0.2) is 186 Å². The van der Waals surface area contributed by atoms with Crippen molar-refractivity contribution < 1.29 is 4.42 Å². The minimum absolute atomic E-state index is 0.0498. The molecule has 56 heavy (non-hydrogen) atoms. The number of furan rings is 1. The van der Waals surface area contributed by atoms with Crippen molar-refractivity contribution in [3.63, 3.8) is 0 Å². The van der Waals surface area contributed by atoms with Gasteiger partial charge in [-0.15, -0.1) is 0 Å². The maximum atomic E-state index is 6.54. The summed E-state index contributed by atoms with van der Waals surface area (Å²) in [5.41, 5.74) is 12.2. The van der Waals surface area contributed by atoms with Gasteiger partial charge in [0.25, 0.3) is 0 Å². The number of nitrogens with zero attached hydrogens (tertiary/aromatic N) is 4. The zero-order chi connectivity index (χ0) is 37.0. The second-order valence-electron chi connectivity index (χ2n) is 14.4. The maximum Gasteiger partial charge on any atom is 0.163 e. The van der Waals surface area contributed by atoms with Gasteiger partial charge in [-0.2, -0.15) is 0 Å². The van der Waals surface area contributed by atoms with Crippen LogP contribution in [-0.2, 0) is 6.42 Å². The Kier molecular flexibility index (Phi) is 7.56. The Bertz CT molecular complexity index is 3050. The van der Waals surface area contributed by atoms with E-state index in [4.69, 9.17) is 19.4 Å². The lowest BCUT2D eigenvalue weighted by Gasteiger charge is -2.16. The highest BCUT2D eigenvalue weighted by atomic mass is 16.3. The third-order valence-corrected chi connectivity index (χ3v) is 11.0. The highest BCUT2D eigenvalue weighted by Gasteiger charge is 2.25. The Morgan fingerprint density at radius 2 is 1.04 bits per heavy atom. The molecule has 1 atom stereocenters. The number of allylic oxidation sites excluding steroid dienone is 1. The second kappa shape index (κ2) is 13.2. The second-order valence-corrected chi connectivity index (χ2v) is 14.4. The first-order chi connectivity index (χ1) is 27.7. The number of hydrogen-bond donors (Lipinski definition) is 0. The molecule has 0 spiro atoms. The van der Waals surface area contributed by atoms with E-state index in [1.54, 1.807) is 0 Å². The van der Waals surface area contributed by atoms with E-state index in [2.05, 4.69) is 132 Å². The predicted molar refractivity (Wildman–Crippen MR) is 228 cm³/mol. The minimum atomic E-state index is -0.0498. The first kappa shape index (κ1) is 32.1. The summed E-state index contributed by atoms with van der Waals surface area (Å²) in [5, 5.41) is 3.60. The Morgan fingerprint density at radius 3 is 1.75 bits per heavy atom. The summed E-state index contributed by atoms with van der Waals surface area (Å²) in [6.45, 7) is 0. The van der Waals surface area contributed by atoms with Crippen molar-refractivity contribution in [2.45, 2.75) is 12.3 Å². The fourth-order valence-electron chi connectivity index (χ4n) is 8.22. The Labute approximate surface area is 323 Å². The van der Waals surface area contributed by atoms with Gasteiger partial charge in [0, 0.05) is 50.9 Å². The Balaban J connectivity index is 0.933. The van der Waals surface area contributed by atoms with Crippen LogP contribution in [0.5, 0.6) is 0 Å². The van der Waals surface area contributed by atoms with Crippen LogP contribution in [0.2, 0.25) is 0 Å². The molecule has 3 aromatic heterocycles. The molecule has 3 heterocycles. The van der Waals surface area contributed by atoms with Gasteiger partial charge in [0.15, 0.2) is 11.6 Å². The van der Waals surface area contributed by atoms with Crippen LogP contribution in [0.4, 0.5) is 0 Å². The molecule has 7 aromatic carbocycles. The highest BCUT2D eigenvalue weighted by Crippen LogP contribution is 2.39. The first-order valence-electron chi connectivity index (χ1n) is 19.0. The molecule has 0 aliphatic heterocycles. The van der Waals surface area contributed by atoms with E-state index in [1.807, 2.05) is 60.7 Å². The molecule has 0 N–H and O–H groups in total. The fraction of sp³-hybridized carbons (Fsp3) is 0.0392. The highest BCUT2D eigenvalue weighted by molar-refractivity contribution is 6.10. The molecule has 1 aliphatic carbocycles. The van der Waals surface area contributed by atoms with Crippen molar-refractivity contribution in [3.05, 3.63) is 199 Å². The van der Waals surface area contributed by atoms with E-state index < -0.39 is 0 Å². The smallest absolute Gasteiger partial charge is 0.163 e. The molecule has 10 aromatic rings. The molecular weight excluding hydrogens is 685 g/mol. The summed E-state index contributed by atoms with van der Waals surface area (Å²) < 4.78 is 8.90. The average molecular weight is 719 g/mol. The Hall–Kier alpha value is -7.37. The van der Waals surface area contributed by atoms with Gasteiger partial charge in [-0.1, -0.05) is 140 Å². The molecule has 0 amide bonds. The van der Waals surface area contributed by atoms with E-state index in [1.165, 1.54) is 32.9 Å². The predicted octanol–water partition coefficient (Wildman–Crippen LogP) is 12.7. The quantitative estimate of drug-likeness (QED) is 0.172. The van der Waals surface area contributed by atoms with E-state index >= 15 is 0 Å². The molecule has 0 bridgehead atoms. The average Bonchev–Trinajstić information content (AvgIpc) is 3.82. The number of aromatic nitrogens is 4. The van der Waals surface area contributed by atoms with Gasteiger partial charge in [-0.3, -0.25) is 0 Å². The van der Waals surface area contributed by atoms with Crippen LogP contribution in [-0.4, -0.2) is 19.5 Å². The SMILES string of the molecule is C1=CC(c2nc(-c3ccccc3)nc(-c3ccccc3)n2)Cc2oc3ccc(-c4cccc(-c5ccc6c(c5)c5ccccc5n6-c5ccccc5)c4)cc3c21. The summed E-state index contributed by atoms with van der Waals surface area (Å²) >= 11 is 0. The summed E-state index contributed by atoms with van der Waals surface area (Å²) in [6, 6.07) is 61.7. The monoisotopic (exact) mass is 718 g/mol. The van der Waals surface area contributed by atoms with Crippen LogP contribution in [0.1, 0.15) is 23.1 Å². The molecule has 0 radical (unpaired) electrons. The van der Waals surface area contributed by atoms with Crippen molar-refractivity contribution >= 4 is 38.9 Å². The van der Waals surface area contributed by atoms with Gasteiger partial charge in [0.1, 0.15) is 17.2 Å².